The van der Waals surface area contributed by atoms with Crippen molar-refractivity contribution in [2.24, 2.45) is 0 Å². The zero-order valence-corrected chi connectivity index (χ0v) is 10.5. The molecule has 0 N–H and O–H groups in total. The van der Waals surface area contributed by atoms with E-state index in [1.54, 1.807) is 18.4 Å². The van der Waals surface area contributed by atoms with Crippen molar-refractivity contribution in [2.75, 3.05) is 7.11 Å². The van der Waals surface area contributed by atoms with Crippen molar-refractivity contribution < 1.29 is 9.31 Å². The summed E-state index contributed by atoms with van der Waals surface area (Å²) in [6, 6.07) is 6.25. The van der Waals surface area contributed by atoms with E-state index in [0.29, 0.717) is 6.04 Å². The molecule has 3 nitrogen and oxygen atoms in total. The Kier molecular flexibility index (Phi) is 2.92. The second-order valence-electron chi connectivity index (χ2n) is 3.89. The number of rotatable bonds is 3. The van der Waals surface area contributed by atoms with Gasteiger partial charge in [0.25, 0.3) is 0 Å². The molecule has 0 fully saturated rings. The summed E-state index contributed by atoms with van der Waals surface area (Å²) in [5.41, 5.74) is 0.995. The summed E-state index contributed by atoms with van der Waals surface area (Å²) in [5.74, 6) is 0.864. The largest absolute Gasteiger partial charge is 0.497 e. The molecule has 0 aliphatic rings. The van der Waals surface area contributed by atoms with Crippen molar-refractivity contribution in [1.82, 2.24) is 4.98 Å². The minimum Gasteiger partial charge on any atom is -0.497 e. The van der Waals surface area contributed by atoms with Crippen molar-refractivity contribution in [1.29, 1.82) is 0 Å². The fourth-order valence-electron chi connectivity index (χ4n) is 1.36. The van der Waals surface area contributed by atoms with Gasteiger partial charge in [0, 0.05) is 6.07 Å². The third kappa shape index (κ3) is 1.93. The Morgan fingerprint density at radius 3 is 2.81 bits per heavy atom. The number of nitrogens with zero attached hydrogens (tertiary/aromatic N) is 2. The van der Waals surface area contributed by atoms with Crippen LogP contribution in [0.4, 0.5) is 5.13 Å². The monoisotopic (exact) mass is 235 g/mol. The quantitative estimate of drug-likeness (QED) is 0.603. The zero-order valence-electron chi connectivity index (χ0n) is 9.73. The molecule has 84 valence electrons. The van der Waals surface area contributed by atoms with Crippen LogP contribution in [0, 0.1) is 0 Å². The Morgan fingerprint density at radius 2 is 2.19 bits per heavy atom. The highest BCUT2D eigenvalue weighted by atomic mass is 32.1. The van der Waals surface area contributed by atoms with Crippen LogP contribution in [0.3, 0.4) is 0 Å². The highest BCUT2D eigenvalue weighted by Crippen LogP contribution is 2.30. The summed E-state index contributed by atoms with van der Waals surface area (Å²) >= 11 is 1.64. The van der Waals surface area contributed by atoms with Crippen LogP contribution in [0.1, 0.15) is 13.8 Å². The zero-order chi connectivity index (χ0) is 11.7. The van der Waals surface area contributed by atoms with Crippen molar-refractivity contribution in [3.63, 3.8) is 0 Å². The van der Waals surface area contributed by atoms with Gasteiger partial charge in [-0.05, 0) is 42.3 Å². The van der Waals surface area contributed by atoms with E-state index >= 15 is 0 Å². The molecule has 1 aromatic carbocycles. The lowest BCUT2D eigenvalue weighted by molar-refractivity contribution is -0.466. The molecule has 0 saturated heterocycles. The van der Waals surface area contributed by atoms with Crippen molar-refractivity contribution in [3.8, 4) is 5.75 Å². The maximum atomic E-state index is 5.19. The first-order valence-electron chi connectivity index (χ1n) is 5.16. The average molecular weight is 235 g/mol. The van der Waals surface area contributed by atoms with Crippen LogP contribution in [0.5, 0.6) is 5.75 Å². The lowest BCUT2D eigenvalue weighted by Crippen LogP contribution is -2.12. The molecule has 0 radical (unpaired) electrons. The van der Waals surface area contributed by atoms with Crippen LogP contribution in [0.15, 0.2) is 18.2 Å². The number of ether oxygens (including phenoxy) is 1. The topological polar surface area (TPSA) is 25.1 Å². The molecule has 0 amide bonds. The standard InChI is InChI=1S/C12H15N2OS/c1-8(2)14(3)12-13-10-6-5-9(15-4)7-11(10)16-12/h5-8H,3H2,1-2,4H3/q+1. The third-order valence-electron chi connectivity index (χ3n) is 2.45. The van der Waals surface area contributed by atoms with E-state index in [0.717, 1.165) is 21.1 Å². The molecule has 1 aromatic heterocycles. The maximum Gasteiger partial charge on any atom is 0.383 e. The fourth-order valence-corrected chi connectivity index (χ4v) is 2.43. The van der Waals surface area contributed by atoms with E-state index in [1.165, 1.54) is 0 Å². The number of hydrogen-bond acceptors (Lipinski definition) is 3. The van der Waals surface area contributed by atoms with Gasteiger partial charge in [0.1, 0.15) is 5.75 Å². The van der Waals surface area contributed by atoms with E-state index in [2.05, 4.69) is 25.5 Å². The van der Waals surface area contributed by atoms with Crippen LogP contribution < -0.4 is 4.74 Å². The van der Waals surface area contributed by atoms with E-state index in [1.807, 2.05) is 22.8 Å². The Morgan fingerprint density at radius 1 is 1.44 bits per heavy atom. The van der Waals surface area contributed by atoms with Crippen LogP contribution in [-0.4, -0.2) is 29.4 Å². The number of thiazole rings is 1. The Balaban J connectivity index is 2.47. The minimum atomic E-state index is 0.349. The first-order valence-corrected chi connectivity index (χ1v) is 5.98. The smallest absolute Gasteiger partial charge is 0.383 e. The van der Waals surface area contributed by atoms with Gasteiger partial charge in [-0.15, -0.1) is 0 Å². The van der Waals surface area contributed by atoms with Crippen LogP contribution in [0.2, 0.25) is 0 Å². The maximum absolute atomic E-state index is 5.19. The average Bonchev–Trinajstić information content (AvgIpc) is 2.69. The normalized spacial score (nSPS) is 11.0. The summed E-state index contributed by atoms with van der Waals surface area (Å²) in [6.07, 6.45) is 0. The van der Waals surface area contributed by atoms with Gasteiger partial charge < -0.3 is 4.74 Å². The first-order chi connectivity index (χ1) is 7.61. The second-order valence-corrected chi connectivity index (χ2v) is 4.90. The van der Waals surface area contributed by atoms with Gasteiger partial charge in [0.05, 0.1) is 24.6 Å². The van der Waals surface area contributed by atoms with Crippen molar-refractivity contribution in [3.05, 3.63) is 18.2 Å². The lowest BCUT2D eigenvalue weighted by Gasteiger charge is -2.00. The van der Waals surface area contributed by atoms with Gasteiger partial charge in [0.15, 0.2) is 5.52 Å². The predicted molar refractivity (Wildman–Crippen MR) is 68.3 cm³/mol. The molecule has 1 heterocycles. The molecule has 0 saturated carbocycles. The first kappa shape index (κ1) is 11.1. The fraction of sp³-hybridized carbons (Fsp3) is 0.333. The summed E-state index contributed by atoms with van der Waals surface area (Å²) in [4.78, 5) is 4.54. The number of fused-ring (bicyclic) bond motifs is 1. The Labute approximate surface area is 99.0 Å². The van der Waals surface area contributed by atoms with Gasteiger partial charge in [-0.2, -0.15) is 0 Å². The molecular weight excluding hydrogens is 220 g/mol. The van der Waals surface area contributed by atoms with Gasteiger partial charge in [-0.1, -0.05) is 0 Å². The Bertz CT molecular complexity index is 531. The molecule has 0 aliphatic carbocycles. The molecule has 0 bridgehead atoms. The summed E-state index contributed by atoms with van der Waals surface area (Å²) in [7, 11) is 1.67. The molecule has 0 spiro atoms. The predicted octanol–water partition coefficient (Wildman–Crippen LogP) is 3.06. The van der Waals surface area contributed by atoms with Crippen LogP contribution in [0.25, 0.3) is 10.2 Å². The van der Waals surface area contributed by atoms with Gasteiger partial charge in [-0.25, -0.2) is 4.58 Å². The van der Waals surface area contributed by atoms with E-state index < -0.39 is 0 Å². The summed E-state index contributed by atoms with van der Waals surface area (Å²) < 4.78 is 8.25. The van der Waals surface area contributed by atoms with Gasteiger partial charge in [0.2, 0.25) is 0 Å². The number of aromatic nitrogens is 1. The summed E-state index contributed by atoms with van der Waals surface area (Å²) in [5, 5.41) is 0.943. The van der Waals surface area contributed by atoms with Gasteiger partial charge >= 0.3 is 5.13 Å². The SMILES string of the molecule is C=[N+](c1nc2ccc(OC)cc2s1)C(C)C. The number of benzene rings is 1. The molecule has 16 heavy (non-hydrogen) atoms. The van der Waals surface area contributed by atoms with E-state index in [9.17, 15) is 0 Å². The molecule has 2 aromatic rings. The highest BCUT2D eigenvalue weighted by molar-refractivity contribution is 7.21. The molecule has 2 rings (SSSR count). The number of methoxy groups -OCH3 is 1. The van der Waals surface area contributed by atoms with Gasteiger partial charge in [-0.3, -0.25) is 0 Å². The molecule has 0 atom stereocenters. The van der Waals surface area contributed by atoms with E-state index in [4.69, 9.17) is 4.74 Å². The molecular formula is C12H15N2OS+. The highest BCUT2D eigenvalue weighted by Gasteiger charge is 2.17. The molecule has 4 heteroatoms. The summed E-state index contributed by atoms with van der Waals surface area (Å²) in [6.45, 7) is 8.19. The van der Waals surface area contributed by atoms with Crippen molar-refractivity contribution >= 4 is 33.4 Å². The molecule has 0 aliphatic heterocycles. The van der Waals surface area contributed by atoms with E-state index in [-0.39, 0.29) is 0 Å². The third-order valence-corrected chi connectivity index (χ3v) is 3.51. The van der Waals surface area contributed by atoms with Crippen molar-refractivity contribution in [2.45, 2.75) is 19.9 Å². The number of hydrogen-bond donors (Lipinski definition) is 0. The second kappa shape index (κ2) is 4.22. The minimum absolute atomic E-state index is 0.349. The lowest BCUT2D eigenvalue weighted by atomic mass is 10.3. The molecule has 0 unspecified atom stereocenters. The van der Waals surface area contributed by atoms with Crippen LogP contribution in [-0.2, 0) is 0 Å². The van der Waals surface area contributed by atoms with Crippen LogP contribution >= 0.6 is 11.3 Å². The Hall–Kier alpha value is -1.42.